The van der Waals surface area contributed by atoms with Gasteiger partial charge in [-0.2, -0.15) is 0 Å². The van der Waals surface area contributed by atoms with E-state index in [1.807, 2.05) is 0 Å². The third kappa shape index (κ3) is 5.80. The summed E-state index contributed by atoms with van der Waals surface area (Å²) in [6.07, 6.45) is 7.66. The van der Waals surface area contributed by atoms with E-state index in [4.69, 9.17) is 5.11 Å². The highest BCUT2D eigenvalue weighted by Gasteiger charge is 2.23. The van der Waals surface area contributed by atoms with Crippen molar-refractivity contribution in [1.29, 1.82) is 0 Å². The zero-order valence-electron chi connectivity index (χ0n) is 12.7. The average molecular weight is 284 g/mol. The molecule has 1 saturated carbocycles. The van der Waals surface area contributed by atoms with Crippen LogP contribution >= 0.6 is 0 Å². The molecule has 0 heterocycles. The molecule has 5 nitrogen and oxygen atoms in total. The molecular weight excluding hydrogens is 256 g/mol. The number of carbonyl (C=O) groups excluding carboxylic acids is 1. The number of hydrogen-bond donors (Lipinski definition) is 3. The van der Waals surface area contributed by atoms with E-state index in [1.165, 1.54) is 32.1 Å². The lowest BCUT2D eigenvalue weighted by atomic mass is 9.83. The van der Waals surface area contributed by atoms with E-state index < -0.39 is 11.9 Å². The normalized spacial score (nSPS) is 19.1. The van der Waals surface area contributed by atoms with Gasteiger partial charge in [0.2, 0.25) is 0 Å². The SMILES string of the molecule is CCC(NC(=O)NCCC(C)C(=O)O)C1CCCCC1. The highest BCUT2D eigenvalue weighted by Crippen LogP contribution is 2.27. The molecule has 116 valence electrons. The van der Waals surface area contributed by atoms with Gasteiger partial charge in [-0.05, 0) is 31.6 Å². The summed E-state index contributed by atoms with van der Waals surface area (Å²) in [5.41, 5.74) is 0. The summed E-state index contributed by atoms with van der Waals surface area (Å²) in [5.74, 6) is -0.645. The molecular formula is C15H28N2O3. The van der Waals surface area contributed by atoms with Crippen LogP contribution in [0.1, 0.15) is 58.8 Å². The molecule has 0 aromatic carbocycles. The Morgan fingerprint density at radius 3 is 2.45 bits per heavy atom. The fourth-order valence-electron chi connectivity index (χ4n) is 2.83. The number of carboxylic acids is 1. The topological polar surface area (TPSA) is 78.4 Å². The van der Waals surface area contributed by atoms with E-state index in [1.54, 1.807) is 6.92 Å². The molecule has 20 heavy (non-hydrogen) atoms. The molecule has 1 aliphatic rings. The van der Waals surface area contributed by atoms with Gasteiger partial charge >= 0.3 is 12.0 Å². The van der Waals surface area contributed by atoms with Crippen LogP contribution in [-0.2, 0) is 4.79 Å². The standard InChI is InChI=1S/C15H28N2O3/c1-3-13(12-7-5-4-6-8-12)17-15(20)16-10-9-11(2)14(18)19/h11-13H,3-10H2,1-2H3,(H,18,19)(H2,16,17,20). The van der Waals surface area contributed by atoms with Gasteiger partial charge in [-0.3, -0.25) is 4.79 Å². The maximum atomic E-state index is 11.8. The molecule has 0 spiro atoms. The first-order chi connectivity index (χ1) is 9.54. The van der Waals surface area contributed by atoms with Crippen molar-refractivity contribution in [2.45, 2.75) is 64.8 Å². The van der Waals surface area contributed by atoms with Crippen molar-refractivity contribution in [3.63, 3.8) is 0 Å². The molecule has 0 aromatic rings. The van der Waals surface area contributed by atoms with Crippen molar-refractivity contribution in [2.24, 2.45) is 11.8 Å². The smallest absolute Gasteiger partial charge is 0.315 e. The van der Waals surface area contributed by atoms with Crippen molar-refractivity contribution < 1.29 is 14.7 Å². The summed E-state index contributed by atoms with van der Waals surface area (Å²) < 4.78 is 0. The monoisotopic (exact) mass is 284 g/mol. The van der Waals surface area contributed by atoms with Crippen molar-refractivity contribution in [1.82, 2.24) is 10.6 Å². The van der Waals surface area contributed by atoms with Gasteiger partial charge in [0.1, 0.15) is 0 Å². The molecule has 0 radical (unpaired) electrons. The number of nitrogens with one attached hydrogen (secondary N) is 2. The molecule has 1 fully saturated rings. The Kier molecular flexibility index (Phi) is 7.41. The van der Waals surface area contributed by atoms with Gasteiger partial charge in [-0.1, -0.05) is 33.1 Å². The molecule has 2 amide bonds. The maximum absolute atomic E-state index is 11.8. The van der Waals surface area contributed by atoms with E-state index in [0.717, 1.165) is 6.42 Å². The minimum Gasteiger partial charge on any atom is -0.481 e. The summed E-state index contributed by atoms with van der Waals surface area (Å²) in [5, 5.41) is 14.6. The Balaban J connectivity index is 2.26. The summed E-state index contributed by atoms with van der Waals surface area (Å²) in [6.45, 7) is 4.16. The van der Waals surface area contributed by atoms with Crippen LogP contribution in [0.3, 0.4) is 0 Å². The third-order valence-electron chi connectivity index (χ3n) is 4.26. The van der Waals surface area contributed by atoms with Gasteiger partial charge < -0.3 is 15.7 Å². The molecule has 1 rings (SSSR count). The first-order valence-electron chi connectivity index (χ1n) is 7.81. The number of hydrogen-bond acceptors (Lipinski definition) is 2. The molecule has 1 aliphatic carbocycles. The lowest BCUT2D eigenvalue weighted by Crippen LogP contribution is -2.46. The van der Waals surface area contributed by atoms with Crippen LogP contribution in [0.15, 0.2) is 0 Å². The quantitative estimate of drug-likeness (QED) is 0.672. The van der Waals surface area contributed by atoms with Gasteiger partial charge in [0, 0.05) is 12.6 Å². The second-order valence-electron chi connectivity index (χ2n) is 5.84. The number of carboxylic acid groups (broad SMARTS) is 1. The van der Waals surface area contributed by atoms with Gasteiger partial charge in [0.05, 0.1) is 5.92 Å². The van der Waals surface area contributed by atoms with Crippen LogP contribution in [0.5, 0.6) is 0 Å². The molecule has 0 saturated heterocycles. The van der Waals surface area contributed by atoms with Crippen LogP contribution in [0, 0.1) is 11.8 Å². The van der Waals surface area contributed by atoms with Crippen molar-refractivity contribution in [3.05, 3.63) is 0 Å². The average Bonchev–Trinajstić information content (AvgIpc) is 2.45. The Labute approximate surface area is 121 Å². The minimum atomic E-state index is -0.819. The van der Waals surface area contributed by atoms with E-state index in [-0.39, 0.29) is 12.1 Å². The van der Waals surface area contributed by atoms with Crippen molar-refractivity contribution >= 4 is 12.0 Å². The highest BCUT2D eigenvalue weighted by molar-refractivity contribution is 5.74. The van der Waals surface area contributed by atoms with Gasteiger partial charge in [0.15, 0.2) is 0 Å². The summed E-state index contributed by atoms with van der Waals surface area (Å²) in [7, 11) is 0. The van der Waals surface area contributed by atoms with Gasteiger partial charge in [-0.15, -0.1) is 0 Å². The molecule has 0 aliphatic heterocycles. The first-order valence-corrected chi connectivity index (χ1v) is 7.81. The Hall–Kier alpha value is -1.26. The fraction of sp³-hybridized carbons (Fsp3) is 0.867. The Bertz CT molecular complexity index is 314. The van der Waals surface area contributed by atoms with Crippen molar-refractivity contribution in [3.8, 4) is 0 Å². The van der Waals surface area contributed by atoms with Crippen LogP contribution < -0.4 is 10.6 Å². The Morgan fingerprint density at radius 1 is 1.25 bits per heavy atom. The van der Waals surface area contributed by atoms with E-state index >= 15 is 0 Å². The van der Waals surface area contributed by atoms with Crippen LogP contribution in [0.4, 0.5) is 4.79 Å². The second kappa shape index (κ2) is 8.82. The predicted molar refractivity (Wildman–Crippen MR) is 78.6 cm³/mol. The lowest BCUT2D eigenvalue weighted by Gasteiger charge is -2.30. The number of amides is 2. The number of carbonyl (C=O) groups is 2. The predicted octanol–water partition coefficient (Wildman–Crippen LogP) is 2.76. The molecule has 0 bridgehead atoms. The summed E-state index contributed by atoms with van der Waals surface area (Å²) in [4.78, 5) is 22.5. The molecule has 2 atom stereocenters. The van der Waals surface area contributed by atoms with Crippen LogP contribution in [-0.4, -0.2) is 29.7 Å². The first kappa shape index (κ1) is 16.8. The van der Waals surface area contributed by atoms with Gasteiger partial charge in [0.25, 0.3) is 0 Å². The van der Waals surface area contributed by atoms with Crippen LogP contribution in [0.25, 0.3) is 0 Å². The largest absolute Gasteiger partial charge is 0.481 e. The molecule has 0 aromatic heterocycles. The lowest BCUT2D eigenvalue weighted by molar-refractivity contribution is -0.141. The third-order valence-corrected chi connectivity index (χ3v) is 4.26. The number of rotatable bonds is 7. The summed E-state index contributed by atoms with van der Waals surface area (Å²) >= 11 is 0. The number of aliphatic carboxylic acids is 1. The second-order valence-corrected chi connectivity index (χ2v) is 5.84. The van der Waals surface area contributed by atoms with Gasteiger partial charge in [-0.25, -0.2) is 4.79 Å². The summed E-state index contributed by atoms with van der Waals surface area (Å²) in [6, 6.07) is 0.0761. The van der Waals surface area contributed by atoms with E-state index in [2.05, 4.69) is 17.6 Å². The van der Waals surface area contributed by atoms with Crippen LogP contribution in [0.2, 0.25) is 0 Å². The minimum absolute atomic E-state index is 0.167. The Morgan fingerprint density at radius 2 is 1.90 bits per heavy atom. The molecule has 2 unspecified atom stereocenters. The molecule has 3 N–H and O–H groups in total. The molecule has 5 heteroatoms. The van der Waals surface area contributed by atoms with E-state index in [9.17, 15) is 9.59 Å². The highest BCUT2D eigenvalue weighted by atomic mass is 16.4. The number of urea groups is 1. The maximum Gasteiger partial charge on any atom is 0.315 e. The zero-order chi connectivity index (χ0) is 15.0. The zero-order valence-corrected chi connectivity index (χ0v) is 12.7. The fourth-order valence-corrected chi connectivity index (χ4v) is 2.83. The van der Waals surface area contributed by atoms with E-state index in [0.29, 0.717) is 18.9 Å². The van der Waals surface area contributed by atoms with Crippen molar-refractivity contribution in [2.75, 3.05) is 6.54 Å².